The van der Waals surface area contributed by atoms with Crippen LogP contribution in [0.2, 0.25) is 0 Å². The molecule has 0 radical (unpaired) electrons. The third-order valence-corrected chi connectivity index (χ3v) is 4.91. The zero-order valence-corrected chi connectivity index (χ0v) is 13.7. The first-order chi connectivity index (χ1) is 11.2. The van der Waals surface area contributed by atoms with Crippen LogP contribution in [0.25, 0.3) is 0 Å². The highest BCUT2D eigenvalue weighted by molar-refractivity contribution is 5.84. The number of piperidine rings is 1. The number of amides is 2. The zero-order chi connectivity index (χ0) is 16.2. The lowest BCUT2D eigenvalue weighted by Gasteiger charge is -2.39. The van der Waals surface area contributed by atoms with E-state index in [1.54, 1.807) is 0 Å². The highest BCUT2D eigenvalue weighted by Gasteiger charge is 2.34. The number of rotatable bonds is 3. The van der Waals surface area contributed by atoms with E-state index in [1.807, 2.05) is 4.90 Å². The molecule has 2 saturated heterocycles. The summed E-state index contributed by atoms with van der Waals surface area (Å²) in [6, 6.07) is 8.65. The molecule has 1 aromatic carbocycles. The SMILES string of the molecule is CCc1ccc(C2CNCCN2C(=O)C2CCC(=O)NC2)cc1. The first kappa shape index (κ1) is 16.0. The lowest BCUT2D eigenvalue weighted by Crippen LogP contribution is -2.52. The molecule has 0 aliphatic carbocycles. The van der Waals surface area contributed by atoms with Crippen molar-refractivity contribution in [3.63, 3.8) is 0 Å². The highest BCUT2D eigenvalue weighted by atomic mass is 16.2. The molecule has 5 heteroatoms. The molecule has 2 fully saturated rings. The molecule has 2 N–H and O–H groups in total. The van der Waals surface area contributed by atoms with Gasteiger partial charge in [0.2, 0.25) is 11.8 Å². The van der Waals surface area contributed by atoms with E-state index < -0.39 is 0 Å². The van der Waals surface area contributed by atoms with Gasteiger partial charge in [0.15, 0.2) is 0 Å². The summed E-state index contributed by atoms with van der Waals surface area (Å²) >= 11 is 0. The minimum Gasteiger partial charge on any atom is -0.355 e. The molecule has 2 heterocycles. The monoisotopic (exact) mass is 315 g/mol. The van der Waals surface area contributed by atoms with Crippen LogP contribution < -0.4 is 10.6 Å². The van der Waals surface area contributed by atoms with Gasteiger partial charge in [-0.25, -0.2) is 0 Å². The van der Waals surface area contributed by atoms with Gasteiger partial charge in [0.05, 0.1) is 12.0 Å². The maximum atomic E-state index is 12.9. The lowest BCUT2D eigenvalue weighted by molar-refractivity contribution is -0.140. The fourth-order valence-electron chi connectivity index (χ4n) is 3.42. The Morgan fingerprint density at radius 2 is 2.04 bits per heavy atom. The van der Waals surface area contributed by atoms with Crippen molar-refractivity contribution in [3.05, 3.63) is 35.4 Å². The van der Waals surface area contributed by atoms with Crippen molar-refractivity contribution < 1.29 is 9.59 Å². The number of benzene rings is 1. The summed E-state index contributed by atoms with van der Waals surface area (Å²) in [4.78, 5) is 26.2. The molecule has 2 aliphatic rings. The summed E-state index contributed by atoms with van der Waals surface area (Å²) in [5.74, 6) is 0.153. The van der Waals surface area contributed by atoms with Gasteiger partial charge in [0, 0.05) is 32.6 Å². The van der Waals surface area contributed by atoms with Crippen LogP contribution >= 0.6 is 0 Å². The van der Waals surface area contributed by atoms with Gasteiger partial charge in [-0.2, -0.15) is 0 Å². The van der Waals surface area contributed by atoms with Gasteiger partial charge < -0.3 is 15.5 Å². The molecule has 124 valence electrons. The van der Waals surface area contributed by atoms with Crippen molar-refractivity contribution in [2.24, 2.45) is 5.92 Å². The van der Waals surface area contributed by atoms with Crippen LogP contribution in [-0.2, 0) is 16.0 Å². The van der Waals surface area contributed by atoms with E-state index in [9.17, 15) is 9.59 Å². The first-order valence-corrected chi connectivity index (χ1v) is 8.55. The van der Waals surface area contributed by atoms with Crippen LogP contribution in [0, 0.1) is 5.92 Å². The van der Waals surface area contributed by atoms with Crippen molar-refractivity contribution in [2.75, 3.05) is 26.2 Å². The van der Waals surface area contributed by atoms with Crippen molar-refractivity contribution in [1.29, 1.82) is 0 Å². The van der Waals surface area contributed by atoms with E-state index >= 15 is 0 Å². The third-order valence-electron chi connectivity index (χ3n) is 4.91. The number of aryl methyl sites for hydroxylation is 1. The van der Waals surface area contributed by atoms with E-state index in [1.165, 1.54) is 11.1 Å². The normalized spacial score (nSPS) is 25.1. The average Bonchev–Trinajstić information content (AvgIpc) is 2.62. The highest BCUT2D eigenvalue weighted by Crippen LogP contribution is 2.26. The summed E-state index contributed by atoms with van der Waals surface area (Å²) in [5, 5.41) is 6.21. The van der Waals surface area contributed by atoms with E-state index in [0.29, 0.717) is 19.4 Å². The smallest absolute Gasteiger partial charge is 0.228 e. The molecule has 2 aliphatic heterocycles. The number of hydrogen-bond donors (Lipinski definition) is 2. The average molecular weight is 315 g/mol. The number of nitrogens with zero attached hydrogens (tertiary/aromatic N) is 1. The van der Waals surface area contributed by atoms with Gasteiger partial charge in [0.25, 0.3) is 0 Å². The summed E-state index contributed by atoms with van der Waals surface area (Å²) in [6.07, 6.45) is 2.14. The number of nitrogens with one attached hydrogen (secondary N) is 2. The first-order valence-electron chi connectivity index (χ1n) is 8.55. The quantitative estimate of drug-likeness (QED) is 0.882. The molecule has 0 saturated carbocycles. The molecule has 1 aromatic rings. The standard InChI is InChI=1S/C18H25N3O2/c1-2-13-3-5-14(6-4-13)16-12-19-9-10-21(16)18(23)15-7-8-17(22)20-11-15/h3-6,15-16,19H,2,7-12H2,1H3,(H,20,22). The number of carbonyl (C=O) groups excluding carboxylic acids is 2. The van der Waals surface area contributed by atoms with E-state index in [2.05, 4.69) is 41.8 Å². The predicted octanol–water partition coefficient (Wildman–Crippen LogP) is 1.25. The van der Waals surface area contributed by atoms with Gasteiger partial charge in [-0.05, 0) is 24.0 Å². The lowest BCUT2D eigenvalue weighted by atomic mass is 9.94. The molecule has 0 aromatic heterocycles. The van der Waals surface area contributed by atoms with Crippen LogP contribution in [0.15, 0.2) is 24.3 Å². The summed E-state index contributed by atoms with van der Waals surface area (Å²) in [6.45, 7) is 4.96. The van der Waals surface area contributed by atoms with E-state index in [0.717, 1.165) is 26.1 Å². The second-order valence-corrected chi connectivity index (χ2v) is 6.39. The fraction of sp³-hybridized carbons (Fsp3) is 0.556. The van der Waals surface area contributed by atoms with Gasteiger partial charge in [-0.3, -0.25) is 9.59 Å². The second kappa shape index (κ2) is 7.13. The largest absolute Gasteiger partial charge is 0.355 e. The van der Waals surface area contributed by atoms with Crippen LogP contribution in [-0.4, -0.2) is 42.9 Å². The second-order valence-electron chi connectivity index (χ2n) is 6.39. The maximum Gasteiger partial charge on any atom is 0.228 e. The molecule has 23 heavy (non-hydrogen) atoms. The van der Waals surface area contributed by atoms with Crippen LogP contribution in [0.5, 0.6) is 0 Å². The number of hydrogen-bond acceptors (Lipinski definition) is 3. The van der Waals surface area contributed by atoms with Gasteiger partial charge in [-0.15, -0.1) is 0 Å². The van der Waals surface area contributed by atoms with Crippen LogP contribution in [0.1, 0.15) is 36.9 Å². The van der Waals surface area contributed by atoms with Gasteiger partial charge in [-0.1, -0.05) is 31.2 Å². The topological polar surface area (TPSA) is 61.4 Å². The minimum atomic E-state index is -0.0804. The molecule has 0 bridgehead atoms. The molecule has 0 spiro atoms. The molecule has 3 rings (SSSR count). The van der Waals surface area contributed by atoms with Crippen molar-refractivity contribution in [1.82, 2.24) is 15.5 Å². The maximum absolute atomic E-state index is 12.9. The Labute approximate surface area is 137 Å². The Morgan fingerprint density at radius 1 is 1.26 bits per heavy atom. The molecule has 5 nitrogen and oxygen atoms in total. The summed E-state index contributed by atoms with van der Waals surface area (Å²) in [7, 11) is 0. The van der Waals surface area contributed by atoms with Crippen LogP contribution in [0.4, 0.5) is 0 Å². The summed E-state index contributed by atoms with van der Waals surface area (Å²) in [5.41, 5.74) is 2.49. The van der Waals surface area contributed by atoms with Crippen molar-refractivity contribution >= 4 is 11.8 Å². The minimum absolute atomic E-state index is 0.0565. The Bertz CT molecular complexity index is 560. The van der Waals surface area contributed by atoms with E-state index in [-0.39, 0.29) is 23.8 Å². The Balaban J connectivity index is 1.75. The van der Waals surface area contributed by atoms with Gasteiger partial charge in [0.1, 0.15) is 0 Å². The Morgan fingerprint density at radius 3 is 2.70 bits per heavy atom. The number of piperazine rings is 1. The molecular weight excluding hydrogens is 290 g/mol. The summed E-state index contributed by atoms with van der Waals surface area (Å²) < 4.78 is 0. The fourth-order valence-corrected chi connectivity index (χ4v) is 3.42. The predicted molar refractivity (Wildman–Crippen MR) is 88.9 cm³/mol. The number of carbonyl (C=O) groups is 2. The third kappa shape index (κ3) is 3.55. The Hall–Kier alpha value is -1.88. The molecular formula is C18H25N3O2. The van der Waals surface area contributed by atoms with Crippen molar-refractivity contribution in [3.8, 4) is 0 Å². The zero-order valence-electron chi connectivity index (χ0n) is 13.7. The van der Waals surface area contributed by atoms with Crippen molar-refractivity contribution in [2.45, 2.75) is 32.2 Å². The molecule has 2 unspecified atom stereocenters. The molecule has 2 amide bonds. The van der Waals surface area contributed by atoms with Gasteiger partial charge >= 0.3 is 0 Å². The van der Waals surface area contributed by atoms with E-state index in [4.69, 9.17) is 0 Å². The molecule has 2 atom stereocenters. The Kier molecular flexibility index (Phi) is 4.96. The van der Waals surface area contributed by atoms with Crippen LogP contribution in [0.3, 0.4) is 0 Å².